The number of benzene rings is 2. The molecule has 1 fully saturated rings. The molecule has 372 valence electrons. The maximum absolute atomic E-state index is 12.6. The average molecular weight is 1070 g/mol. The van der Waals surface area contributed by atoms with Gasteiger partial charge in [0.2, 0.25) is 11.7 Å². The third kappa shape index (κ3) is 17.4. The van der Waals surface area contributed by atoms with Gasteiger partial charge >= 0.3 is 25.4 Å². The molecular weight excluding hydrogens is 1020 g/mol. The van der Waals surface area contributed by atoms with Gasteiger partial charge in [-0.25, -0.2) is 4.68 Å². The maximum atomic E-state index is 12.6. The van der Waals surface area contributed by atoms with Crippen LogP contribution in [0, 0.1) is 17.0 Å². The molecule has 19 nitrogen and oxygen atoms in total. The van der Waals surface area contributed by atoms with E-state index in [1.165, 1.54) is 4.90 Å². The highest BCUT2D eigenvalue weighted by Gasteiger charge is 2.45. The quantitative estimate of drug-likeness (QED) is 0.0344. The number of nitrogens with one attached hydrogen (secondary N) is 1. The highest BCUT2D eigenvalue weighted by molar-refractivity contribution is 7.51. The maximum Gasteiger partial charge on any atom is 0.416 e. The van der Waals surface area contributed by atoms with E-state index in [2.05, 4.69) is 23.4 Å². The molecule has 4 aromatic rings. The largest absolute Gasteiger partial charge is 0.480 e. The number of aromatic nitrogens is 2. The summed E-state index contributed by atoms with van der Waals surface area (Å²) in [7, 11) is -2.46. The Hall–Kier alpha value is -4.19. The molecule has 0 spiro atoms. The molecular formula is C39H48Cl5F3N7O12P. The third-order valence-corrected chi connectivity index (χ3v) is 10.9. The molecule has 0 saturated carbocycles. The van der Waals surface area contributed by atoms with Crippen LogP contribution in [0.15, 0.2) is 59.3 Å². The van der Waals surface area contributed by atoms with Gasteiger partial charge in [-0.05, 0) is 69.5 Å². The molecule has 6 N–H and O–H groups in total. The van der Waals surface area contributed by atoms with Gasteiger partial charge in [0.15, 0.2) is 4.84 Å². The zero-order valence-electron chi connectivity index (χ0n) is 36.5. The molecule has 3 heterocycles. The first kappa shape index (κ1) is 58.9. The number of methoxy groups -OCH3 is 1. The van der Waals surface area contributed by atoms with Crippen molar-refractivity contribution in [1.29, 1.82) is 0 Å². The zero-order valence-corrected chi connectivity index (χ0v) is 41.1. The number of alkyl halides is 6. The number of hydrogen-bond acceptors (Lipinski definition) is 12. The van der Waals surface area contributed by atoms with Crippen molar-refractivity contribution in [3.05, 3.63) is 97.5 Å². The summed E-state index contributed by atoms with van der Waals surface area (Å²) in [6.07, 6.45) is -2.21. The molecule has 2 aromatic heterocycles. The Balaban J connectivity index is 0.000000316. The summed E-state index contributed by atoms with van der Waals surface area (Å²) in [5.41, 5.74) is 6.25. The normalized spacial score (nSPS) is 14.8. The number of rotatable bonds is 14. The number of aryl methyl sites for hydroxylation is 2. The predicted molar refractivity (Wildman–Crippen MR) is 246 cm³/mol. The Bertz CT molecular complexity index is 2330. The predicted octanol–water partition coefficient (Wildman–Crippen LogP) is 8.37. The van der Waals surface area contributed by atoms with E-state index in [-0.39, 0.29) is 45.6 Å². The second-order valence-electron chi connectivity index (χ2n) is 14.5. The van der Waals surface area contributed by atoms with Crippen LogP contribution in [0.25, 0.3) is 5.69 Å². The summed E-state index contributed by atoms with van der Waals surface area (Å²) in [4.78, 5) is 62.3. The van der Waals surface area contributed by atoms with E-state index in [1.54, 1.807) is 38.2 Å². The average Bonchev–Trinajstić information content (AvgIpc) is 3.97. The molecule has 1 aliphatic heterocycles. The number of nitro groups is 1. The van der Waals surface area contributed by atoms with Crippen molar-refractivity contribution in [3.63, 3.8) is 0 Å². The number of carbonyl (C=O) groups excluding carboxylic acids is 2. The van der Waals surface area contributed by atoms with E-state index in [0.29, 0.717) is 31.0 Å². The molecule has 0 aliphatic carbocycles. The molecule has 67 heavy (non-hydrogen) atoms. The number of anilines is 2. The Morgan fingerprint density at radius 3 is 2.22 bits per heavy atom. The lowest BCUT2D eigenvalue weighted by Gasteiger charge is -2.31. The van der Waals surface area contributed by atoms with Crippen molar-refractivity contribution in [2.75, 3.05) is 49.6 Å². The van der Waals surface area contributed by atoms with Crippen molar-refractivity contribution in [2.45, 2.75) is 69.9 Å². The first-order valence-corrected chi connectivity index (χ1v) is 23.3. The van der Waals surface area contributed by atoms with E-state index < -0.39 is 65.1 Å². The van der Waals surface area contributed by atoms with Gasteiger partial charge in [0.05, 0.1) is 64.5 Å². The second kappa shape index (κ2) is 26.0. The van der Waals surface area contributed by atoms with E-state index in [4.69, 9.17) is 92.5 Å². The number of carboxylic acids is 1. The van der Waals surface area contributed by atoms with Gasteiger partial charge in [-0.3, -0.25) is 34.4 Å². The fourth-order valence-corrected chi connectivity index (χ4v) is 7.57. The highest BCUT2D eigenvalue weighted by atomic mass is 35.5. The molecule has 1 saturated heterocycles. The number of amides is 2. The van der Waals surface area contributed by atoms with Crippen LogP contribution in [0.1, 0.15) is 56.2 Å². The molecule has 28 heteroatoms. The van der Waals surface area contributed by atoms with Crippen LogP contribution in [-0.4, -0.2) is 108 Å². The molecule has 5 rings (SSSR count). The van der Waals surface area contributed by atoms with E-state index >= 15 is 0 Å². The molecule has 2 amide bonds. The zero-order chi connectivity index (χ0) is 51.2. The fraction of sp³-hybridized carbons (Fsp3) is 0.436. The van der Waals surface area contributed by atoms with Gasteiger partial charge in [0.1, 0.15) is 35.4 Å². The first-order valence-electron chi connectivity index (χ1n) is 19.3. The van der Waals surface area contributed by atoms with Crippen LogP contribution >= 0.6 is 65.6 Å². The number of carbonyl (C=O) groups is 3. The van der Waals surface area contributed by atoms with E-state index in [9.17, 15) is 42.2 Å². The van der Waals surface area contributed by atoms with Crippen LogP contribution < -0.4 is 16.0 Å². The summed E-state index contributed by atoms with van der Waals surface area (Å²) >= 11 is 28.5. The minimum atomic E-state index is -4.63. The summed E-state index contributed by atoms with van der Waals surface area (Å²) in [6, 6.07) is 10.9. The summed E-state index contributed by atoms with van der Waals surface area (Å²) in [6.45, 7) is 10.1. The lowest BCUT2D eigenvalue weighted by atomic mass is 10.0. The summed E-state index contributed by atoms with van der Waals surface area (Å²) in [5, 5.41) is 23.6. The van der Waals surface area contributed by atoms with Crippen molar-refractivity contribution >= 4 is 101 Å². The van der Waals surface area contributed by atoms with Crippen LogP contribution in [0.3, 0.4) is 0 Å². The Morgan fingerprint density at radius 2 is 1.78 bits per heavy atom. The topological polar surface area (TPSA) is 266 Å². The minimum Gasteiger partial charge on any atom is -0.480 e. The van der Waals surface area contributed by atoms with Gasteiger partial charge in [0.25, 0.3) is 5.91 Å². The van der Waals surface area contributed by atoms with Crippen LogP contribution in [0.2, 0.25) is 10.0 Å². The molecule has 0 bridgehead atoms. The fourth-order valence-electron chi connectivity index (χ4n) is 6.16. The lowest BCUT2D eigenvalue weighted by Crippen LogP contribution is -2.45. The Morgan fingerprint density at radius 1 is 1.16 bits per heavy atom. The number of furan rings is 1. The highest BCUT2D eigenvalue weighted by Crippen LogP contribution is 2.40. The lowest BCUT2D eigenvalue weighted by molar-refractivity contribution is -0.383. The smallest absolute Gasteiger partial charge is 0.416 e. The second-order valence-corrected chi connectivity index (χ2v) is 18.3. The molecule has 1 aliphatic rings. The number of nitrogen functional groups attached to an aromatic ring is 1. The van der Waals surface area contributed by atoms with Gasteiger partial charge in [0, 0.05) is 7.11 Å². The SMILES string of the molecule is CC1(C)OC(c2ccco2)CN1C(=O)C(Cl)Cl.CCc1cccc(C)c1N(C(=O)CCl)C(C)COC.Nc1c([N+](=O)[O-])cnn1-c1c(Cl)cc(C(F)(F)F)cc1Cl.O=C(O)CNCP(=O)(O)O. The number of nitrogens with zero attached hydrogens (tertiary/aromatic N) is 5. The molecule has 2 unspecified atom stereocenters. The Labute approximate surface area is 407 Å². The number of hydrogen-bond donors (Lipinski definition) is 5. The van der Waals surface area contributed by atoms with Crippen LogP contribution in [-0.2, 0) is 41.0 Å². The molecule has 0 radical (unpaired) electrons. The van der Waals surface area contributed by atoms with Crippen LogP contribution in [0.4, 0.5) is 30.4 Å². The first-order chi connectivity index (χ1) is 31.0. The van der Waals surface area contributed by atoms with Gasteiger partial charge in [-0.15, -0.1) is 11.6 Å². The third-order valence-electron chi connectivity index (χ3n) is 9.05. The number of halogens is 8. The standard InChI is InChI=1S/C15H22ClNO2.C11H13Cl2NO3.C10H5Cl2F3N4O2.C3H8NO5P/c1-5-13-8-6-7-11(2)15(13)17(14(18)9-16)12(3)10-19-4;1-11(2)14(10(15)9(12)13)6-8(17-11)7-4-3-5-16-7;11-5-1-4(10(13,14)15)2-6(12)8(5)18-9(16)7(3-17-18)19(20)21;5-3(6)1-4-2-10(7,8)9/h6-8,12H,5,9-10H2,1-4H3;3-5,8-9H,6H2,1-2H3;1-3H,16H2;4H,1-2H2,(H,5,6)(H2,7,8,9). The van der Waals surface area contributed by atoms with Gasteiger partial charge in [-0.2, -0.15) is 18.3 Å². The summed E-state index contributed by atoms with van der Waals surface area (Å²) in [5.74, 6) is -1.32. The van der Waals surface area contributed by atoms with E-state index in [0.717, 1.165) is 34.1 Å². The van der Waals surface area contributed by atoms with Gasteiger partial charge < -0.3 is 44.3 Å². The summed E-state index contributed by atoms with van der Waals surface area (Å²) < 4.78 is 64.9. The van der Waals surface area contributed by atoms with Crippen molar-refractivity contribution < 1.29 is 65.8 Å². The molecule has 2 aromatic carbocycles. The van der Waals surface area contributed by atoms with Crippen molar-refractivity contribution in [2.24, 2.45) is 0 Å². The Kier molecular flexibility index (Phi) is 22.8. The number of nitrogens with two attached hydrogens (primary N) is 1. The minimum absolute atomic E-state index is 0.0223. The van der Waals surface area contributed by atoms with Crippen molar-refractivity contribution in [1.82, 2.24) is 20.0 Å². The van der Waals surface area contributed by atoms with E-state index in [1.807, 2.05) is 32.0 Å². The van der Waals surface area contributed by atoms with Gasteiger partial charge in [-0.1, -0.05) is 71.5 Å². The number of ether oxygens (including phenoxy) is 2. The monoisotopic (exact) mass is 1070 g/mol. The number of para-hydroxylation sites is 1. The number of carboxylic acid groups (broad SMARTS) is 1. The van der Waals surface area contributed by atoms with Crippen molar-refractivity contribution in [3.8, 4) is 5.69 Å². The molecule has 2 atom stereocenters. The number of aliphatic carboxylic acids is 1. The van der Waals surface area contributed by atoms with Crippen LogP contribution in [0.5, 0.6) is 0 Å².